The van der Waals surface area contributed by atoms with Crippen LogP contribution in [0, 0.1) is 6.92 Å². The zero-order valence-corrected chi connectivity index (χ0v) is 39.4. The van der Waals surface area contributed by atoms with Crippen LogP contribution in [-0.2, 0) is 31.9 Å². The minimum atomic E-state index is -3.88. The highest BCUT2D eigenvalue weighted by atomic mass is 35.5. The van der Waals surface area contributed by atoms with Gasteiger partial charge < -0.3 is 14.8 Å². The summed E-state index contributed by atoms with van der Waals surface area (Å²) < 4.78 is 57.0. The fraction of sp³-hybridized carbons (Fsp3) is 0.396. The first-order valence-corrected chi connectivity index (χ1v) is 25.6. The molecule has 0 aliphatic rings. The van der Waals surface area contributed by atoms with Crippen molar-refractivity contribution in [2.45, 2.75) is 89.9 Å². The van der Waals surface area contributed by atoms with Crippen molar-refractivity contribution in [3.05, 3.63) is 107 Å². The molecule has 0 bridgehead atoms. The number of sulfonamides is 2. The molecule has 0 unspecified atom stereocenters. The van der Waals surface area contributed by atoms with Gasteiger partial charge in [0, 0.05) is 49.8 Å². The number of amides is 1. The van der Waals surface area contributed by atoms with Crippen LogP contribution in [0.2, 0.25) is 5.02 Å². The lowest BCUT2D eigenvalue weighted by molar-refractivity contribution is -0.110. The molecule has 1 amide bonds. The van der Waals surface area contributed by atoms with Crippen LogP contribution in [-0.4, -0.2) is 71.2 Å². The van der Waals surface area contributed by atoms with Crippen molar-refractivity contribution >= 4 is 77.0 Å². The molecule has 0 saturated heterocycles. The number of carbonyl (C=O) groups is 2. The molecular weight excluding hydrogens is 856 g/mol. The van der Waals surface area contributed by atoms with Crippen molar-refractivity contribution in [2.75, 3.05) is 42.7 Å². The molecular formula is C48H61ClN6O6S2. The number of nitrogens with zero attached hydrogens (tertiary/aromatic N) is 3. The lowest BCUT2D eigenvalue weighted by Crippen LogP contribution is -2.34. The van der Waals surface area contributed by atoms with Crippen molar-refractivity contribution in [3.8, 4) is 11.3 Å². The number of carbonyl (C=O) groups excluding carboxylic acids is 2. The van der Waals surface area contributed by atoms with E-state index in [2.05, 4.69) is 21.7 Å². The van der Waals surface area contributed by atoms with Crippen LogP contribution in [0.15, 0.2) is 101 Å². The summed E-state index contributed by atoms with van der Waals surface area (Å²) in [5.74, 6) is -1.46. The number of aliphatic imine (C=N–C) groups is 1. The molecule has 338 valence electrons. The summed E-state index contributed by atoms with van der Waals surface area (Å²) in [4.78, 5) is 36.3. The smallest absolute Gasteiger partial charge is 0.278 e. The highest BCUT2D eigenvalue weighted by Crippen LogP contribution is 2.35. The van der Waals surface area contributed by atoms with Gasteiger partial charge in [-0.25, -0.2) is 31.3 Å². The Morgan fingerprint density at radius 2 is 1.41 bits per heavy atom. The lowest BCUT2D eigenvalue weighted by atomic mass is 9.98. The van der Waals surface area contributed by atoms with E-state index in [1.165, 1.54) is 56.7 Å². The molecule has 1 aromatic heterocycles. The van der Waals surface area contributed by atoms with Crippen LogP contribution in [0.3, 0.4) is 0 Å². The number of ketones is 1. The molecule has 0 spiro atoms. The molecule has 1 heterocycles. The van der Waals surface area contributed by atoms with E-state index in [1.807, 2.05) is 97.1 Å². The number of unbranched alkanes of at least 4 members (excludes halogenated alkanes) is 9. The van der Waals surface area contributed by atoms with E-state index in [9.17, 15) is 21.6 Å². The van der Waals surface area contributed by atoms with Crippen LogP contribution < -0.4 is 19.7 Å². The summed E-state index contributed by atoms with van der Waals surface area (Å²) in [6.07, 6.45) is 12.5. The number of fused-ring (bicyclic) bond motifs is 1. The SMILES string of the molecule is CCCCCCCCCCCCNS(=O)(=O)c1ccc(NC(=O)C(=Nc2ccc(N(CC)CCNS(C)(=O)=O)cc2C)C(=O)c2c(-c3ccccc3)n(C)c3ccccc23)c(Cl)c1. The third kappa shape index (κ3) is 13.6. The number of hydrogen-bond acceptors (Lipinski definition) is 8. The average Bonchev–Trinajstić information content (AvgIpc) is 3.56. The van der Waals surface area contributed by atoms with Gasteiger partial charge in [-0.05, 0) is 73.9 Å². The van der Waals surface area contributed by atoms with Gasteiger partial charge >= 0.3 is 0 Å². The van der Waals surface area contributed by atoms with Crippen LogP contribution in [0.25, 0.3) is 22.2 Å². The Morgan fingerprint density at radius 3 is 2.05 bits per heavy atom. The Bertz CT molecular complexity index is 2610. The highest BCUT2D eigenvalue weighted by Gasteiger charge is 2.30. The van der Waals surface area contributed by atoms with E-state index in [-0.39, 0.29) is 22.2 Å². The van der Waals surface area contributed by atoms with Gasteiger partial charge in [0.15, 0.2) is 5.71 Å². The van der Waals surface area contributed by atoms with Crippen LogP contribution >= 0.6 is 11.6 Å². The maximum Gasteiger partial charge on any atom is 0.278 e. The van der Waals surface area contributed by atoms with Gasteiger partial charge in [-0.15, -0.1) is 0 Å². The first-order chi connectivity index (χ1) is 30.1. The van der Waals surface area contributed by atoms with Gasteiger partial charge in [-0.2, -0.15) is 0 Å². The summed E-state index contributed by atoms with van der Waals surface area (Å²) in [5, 5.41) is 3.35. The van der Waals surface area contributed by atoms with Crippen molar-refractivity contribution < 1.29 is 26.4 Å². The van der Waals surface area contributed by atoms with Crippen molar-refractivity contribution in [3.63, 3.8) is 0 Å². The normalized spacial score (nSPS) is 12.2. The number of nitrogens with one attached hydrogen (secondary N) is 3. The molecule has 5 rings (SSSR count). The predicted octanol–water partition coefficient (Wildman–Crippen LogP) is 9.98. The summed E-state index contributed by atoms with van der Waals surface area (Å²) >= 11 is 6.67. The van der Waals surface area contributed by atoms with Gasteiger partial charge in [0.2, 0.25) is 25.8 Å². The van der Waals surface area contributed by atoms with Crippen molar-refractivity contribution in [1.82, 2.24) is 14.0 Å². The average molecular weight is 918 g/mol. The van der Waals surface area contributed by atoms with E-state index in [0.29, 0.717) is 47.5 Å². The maximum absolute atomic E-state index is 15.1. The second-order valence-electron chi connectivity index (χ2n) is 15.8. The quantitative estimate of drug-likeness (QED) is 0.0228. The number of aryl methyl sites for hydroxylation is 2. The van der Waals surface area contributed by atoms with Crippen LogP contribution in [0.1, 0.15) is 94.0 Å². The molecule has 15 heteroatoms. The molecule has 0 aliphatic heterocycles. The van der Waals surface area contributed by atoms with Gasteiger partial charge in [-0.1, -0.05) is 125 Å². The number of Topliss-reactive ketones (excluding diaryl/α,β-unsaturated/α-hetero) is 1. The zero-order chi connectivity index (χ0) is 45.6. The number of para-hydroxylation sites is 1. The topological polar surface area (TPSA) is 159 Å². The maximum atomic E-state index is 15.1. The van der Waals surface area contributed by atoms with Crippen LogP contribution in [0.5, 0.6) is 0 Å². The Morgan fingerprint density at radius 1 is 0.762 bits per heavy atom. The molecule has 0 aliphatic carbocycles. The molecule has 3 N–H and O–H groups in total. The van der Waals surface area contributed by atoms with E-state index in [4.69, 9.17) is 16.6 Å². The minimum Gasteiger partial charge on any atom is -0.370 e. The number of likely N-dealkylation sites (N-methyl/N-ethyl adjacent to an activating group) is 1. The fourth-order valence-corrected chi connectivity index (χ4v) is 9.50. The molecule has 63 heavy (non-hydrogen) atoms. The van der Waals surface area contributed by atoms with E-state index in [0.717, 1.165) is 48.7 Å². The molecule has 0 saturated carbocycles. The molecule has 4 aromatic carbocycles. The zero-order valence-electron chi connectivity index (χ0n) is 37.0. The van der Waals surface area contributed by atoms with Gasteiger partial charge in [0.25, 0.3) is 5.91 Å². The second kappa shape index (κ2) is 23.2. The predicted molar refractivity (Wildman–Crippen MR) is 259 cm³/mol. The number of halogens is 1. The van der Waals surface area contributed by atoms with Gasteiger partial charge in [0.1, 0.15) is 0 Å². The Hall–Kier alpha value is -4.86. The molecule has 5 aromatic rings. The van der Waals surface area contributed by atoms with Gasteiger partial charge in [-0.3, -0.25) is 9.59 Å². The summed E-state index contributed by atoms with van der Waals surface area (Å²) in [6.45, 7) is 7.51. The van der Waals surface area contributed by atoms with Gasteiger partial charge in [0.05, 0.1) is 38.8 Å². The second-order valence-corrected chi connectivity index (χ2v) is 19.9. The Labute approximate surface area is 378 Å². The third-order valence-corrected chi connectivity index (χ3v) is 13.5. The summed E-state index contributed by atoms with van der Waals surface area (Å²) in [6, 6.07) is 26.4. The highest BCUT2D eigenvalue weighted by molar-refractivity contribution is 7.89. The fourth-order valence-electron chi connectivity index (χ4n) is 7.65. The molecule has 0 fully saturated rings. The molecule has 0 radical (unpaired) electrons. The number of aromatic nitrogens is 1. The Balaban J connectivity index is 1.42. The third-order valence-electron chi connectivity index (χ3n) is 11.0. The summed E-state index contributed by atoms with van der Waals surface area (Å²) in [5.41, 5.74) is 3.98. The first-order valence-electron chi connectivity index (χ1n) is 21.8. The van der Waals surface area contributed by atoms with Crippen molar-refractivity contribution in [1.29, 1.82) is 0 Å². The number of benzene rings is 4. The van der Waals surface area contributed by atoms with E-state index >= 15 is 4.79 Å². The number of anilines is 2. The largest absolute Gasteiger partial charge is 0.370 e. The standard InChI is InChI=1S/C48H61ClN6O6S2/c1-6-8-9-10-11-12-13-14-15-21-30-51-63(60,61)38-27-29-42(40(49)34-38)53-48(57)45(52-41-28-26-37(33-35(41)3)55(7-2)32-31-50-62(5,58)59)47(56)44-39-24-19-20-25-43(39)54(4)46(44)36-22-17-16-18-23-36/h16-20,22-29,33-34,50-51H,6-15,21,30-32H2,1-5H3,(H,53,57). The summed E-state index contributed by atoms with van der Waals surface area (Å²) in [7, 11) is -5.37. The van der Waals surface area contributed by atoms with Crippen LogP contribution in [0.4, 0.5) is 17.1 Å². The first kappa shape index (κ1) is 49.2. The molecule has 12 nitrogen and oxygen atoms in total. The van der Waals surface area contributed by atoms with E-state index in [1.54, 1.807) is 6.07 Å². The van der Waals surface area contributed by atoms with Crippen molar-refractivity contribution in [2.24, 2.45) is 12.0 Å². The molecule has 0 atom stereocenters. The van der Waals surface area contributed by atoms with E-state index < -0.39 is 37.4 Å². The lowest BCUT2D eigenvalue weighted by Gasteiger charge is -2.24. The number of hydrogen-bond donors (Lipinski definition) is 3. The Kier molecular flexibility index (Phi) is 18.1. The minimum absolute atomic E-state index is 0.0300. The number of rotatable bonds is 25. The monoisotopic (exact) mass is 916 g/mol.